The molecule has 3 rings (SSSR count). The molecule has 0 fully saturated rings. The van der Waals surface area contributed by atoms with Gasteiger partial charge >= 0.3 is 17.4 Å². The van der Waals surface area contributed by atoms with Gasteiger partial charge in [-0.05, 0) is 24.6 Å². The van der Waals surface area contributed by atoms with E-state index in [0.29, 0.717) is 16.3 Å². The molecule has 0 saturated heterocycles. The highest BCUT2D eigenvalue weighted by Gasteiger charge is 2.48. The fourth-order valence-corrected chi connectivity index (χ4v) is 2.98. The highest BCUT2D eigenvalue weighted by Crippen LogP contribution is 2.42. The van der Waals surface area contributed by atoms with Crippen molar-refractivity contribution in [1.82, 2.24) is 0 Å². The van der Waals surface area contributed by atoms with E-state index in [2.05, 4.69) is 4.74 Å². The smallest absolute Gasteiger partial charge is 0.379 e. The highest BCUT2D eigenvalue weighted by atomic mass is 35.5. The van der Waals surface area contributed by atoms with E-state index in [-0.39, 0.29) is 17.7 Å². The Bertz CT molecular complexity index is 841. The van der Waals surface area contributed by atoms with E-state index in [0.717, 1.165) is 7.11 Å². The maximum absolute atomic E-state index is 12.3. The van der Waals surface area contributed by atoms with E-state index in [1.54, 1.807) is 31.2 Å². The summed E-state index contributed by atoms with van der Waals surface area (Å²) < 4.78 is 15.2. The topological polar surface area (TPSA) is 86.0 Å². The molecule has 0 aliphatic carbocycles. The molecule has 0 spiro atoms. The van der Waals surface area contributed by atoms with Crippen LogP contribution in [-0.4, -0.2) is 24.0 Å². The zero-order valence-electron chi connectivity index (χ0n) is 13.0. The Labute approximate surface area is 142 Å². The van der Waals surface area contributed by atoms with Crippen LogP contribution in [0.2, 0.25) is 5.02 Å². The second kappa shape index (κ2) is 5.96. The minimum absolute atomic E-state index is 0.0999. The van der Waals surface area contributed by atoms with Crippen LogP contribution in [0.3, 0.4) is 0 Å². The van der Waals surface area contributed by atoms with Crippen LogP contribution in [0.5, 0.6) is 5.75 Å². The van der Waals surface area contributed by atoms with Gasteiger partial charge in [-0.15, -0.1) is 0 Å². The Balaban J connectivity index is 2.19. The monoisotopic (exact) mass is 350 g/mol. The maximum Gasteiger partial charge on any atom is 0.379 e. The molecule has 2 unspecified atom stereocenters. The van der Waals surface area contributed by atoms with E-state index >= 15 is 0 Å². The van der Waals surface area contributed by atoms with Crippen molar-refractivity contribution >= 4 is 17.6 Å². The molecule has 126 valence electrons. The molecule has 1 aliphatic heterocycles. The van der Waals surface area contributed by atoms with E-state index in [9.17, 15) is 14.7 Å². The molecule has 0 saturated carbocycles. The molecule has 1 N–H and O–H groups in total. The summed E-state index contributed by atoms with van der Waals surface area (Å²) in [6, 6.07) is 8.24. The lowest BCUT2D eigenvalue weighted by Gasteiger charge is -2.35. The molecule has 6 nitrogen and oxygen atoms in total. The normalized spacial score (nSPS) is 22.4. The fourth-order valence-electron chi connectivity index (χ4n) is 2.86. The summed E-state index contributed by atoms with van der Waals surface area (Å²) in [5, 5.41) is 11.1. The van der Waals surface area contributed by atoms with Crippen LogP contribution >= 0.6 is 11.6 Å². The van der Waals surface area contributed by atoms with E-state index < -0.39 is 23.3 Å². The zero-order valence-corrected chi connectivity index (χ0v) is 13.8. The van der Waals surface area contributed by atoms with Crippen LogP contribution in [0.4, 0.5) is 0 Å². The van der Waals surface area contributed by atoms with Gasteiger partial charge in [0.05, 0.1) is 12.7 Å². The van der Waals surface area contributed by atoms with Gasteiger partial charge in [-0.1, -0.05) is 23.7 Å². The first kappa shape index (κ1) is 16.5. The standard InChI is InChI=1S/C17H15ClO6/c1-9-7-13-14(15(19)23-9)12(10-3-5-11(18)6-4-10)8-17(21,24-13)16(20)22-2/h3-7,12,21H,8H2,1-2H3. The Kier molecular flexibility index (Phi) is 4.11. The molecule has 2 heterocycles. The van der Waals surface area contributed by atoms with Crippen molar-refractivity contribution < 1.29 is 23.8 Å². The highest BCUT2D eigenvalue weighted by molar-refractivity contribution is 6.30. The Morgan fingerprint density at radius 2 is 2.04 bits per heavy atom. The minimum Gasteiger partial charge on any atom is -0.464 e. The minimum atomic E-state index is -2.19. The lowest BCUT2D eigenvalue weighted by molar-refractivity contribution is -0.203. The van der Waals surface area contributed by atoms with Crippen molar-refractivity contribution in [2.75, 3.05) is 7.11 Å². The second-order valence-corrected chi connectivity index (χ2v) is 6.05. The van der Waals surface area contributed by atoms with E-state index in [1.165, 1.54) is 6.07 Å². The van der Waals surface area contributed by atoms with Gasteiger partial charge in [-0.25, -0.2) is 9.59 Å². The van der Waals surface area contributed by atoms with Gasteiger partial charge in [0.1, 0.15) is 11.5 Å². The first-order valence-electron chi connectivity index (χ1n) is 7.24. The van der Waals surface area contributed by atoms with Crippen LogP contribution in [0.1, 0.15) is 29.2 Å². The quantitative estimate of drug-likeness (QED) is 0.837. The van der Waals surface area contributed by atoms with Crippen LogP contribution in [0.15, 0.2) is 39.5 Å². The van der Waals surface area contributed by atoms with Gasteiger partial charge in [0.15, 0.2) is 0 Å². The summed E-state index contributed by atoms with van der Waals surface area (Å²) >= 11 is 5.90. The van der Waals surface area contributed by atoms with Crippen molar-refractivity contribution in [3.63, 3.8) is 0 Å². The summed E-state index contributed by atoms with van der Waals surface area (Å²) in [5.41, 5.74) is 0.371. The second-order valence-electron chi connectivity index (χ2n) is 5.61. The third kappa shape index (κ3) is 2.79. The van der Waals surface area contributed by atoms with Crippen molar-refractivity contribution in [1.29, 1.82) is 0 Å². The number of esters is 1. The van der Waals surface area contributed by atoms with Gasteiger partial charge in [-0.2, -0.15) is 0 Å². The number of hydrogen-bond donors (Lipinski definition) is 1. The summed E-state index contributed by atoms with van der Waals surface area (Å²) in [7, 11) is 1.15. The van der Waals surface area contributed by atoms with Gasteiger partial charge < -0.3 is 19.0 Å². The number of carbonyl (C=O) groups excluding carboxylic acids is 1. The average molecular weight is 351 g/mol. The number of aliphatic hydroxyl groups is 1. The first-order valence-corrected chi connectivity index (χ1v) is 7.62. The van der Waals surface area contributed by atoms with Gasteiger partial charge in [-0.3, -0.25) is 0 Å². The summed E-state index contributed by atoms with van der Waals surface area (Å²) in [6.45, 7) is 1.58. The number of aryl methyl sites for hydroxylation is 1. The number of carbonyl (C=O) groups is 1. The van der Waals surface area contributed by atoms with Crippen molar-refractivity contribution in [3.8, 4) is 5.75 Å². The molecule has 2 atom stereocenters. The molecule has 24 heavy (non-hydrogen) atoms. The van der Waals surface area contributed by atoms with Gasteiger partial charge in [0.25, 0.3) is 0 Å². The molecule has 1 aliphatic rings. The van der Waals surface area contributed by atoms with E-state index in [1.807, 2.05) is 0 Å². The Morgan fingerprint density at radius 3 is 2.67 bits per heavy atom. The fraction of sp³-hybridized carbons (Fsp3) is 0.294. The van der Waals surface area contributed by atoms with Crippen LogP contribution < -0.4 is 10.4 Å². The predicted molar refractivity (Wildman–Crippen MR) is 85.2 cm³/mol. The van der Waals surface area contributed by atoms with Gasteiger partial charge in [0.2, 0.25) is 0 Å². The number of halogens is 1. The molecule has 2 aromatic rings. The lowest BCUT2D eigenvalue weighted by Crippen LogP contribution is -2.50. The number of benzene rings is 1. The molecule has 1 aromatic carbocycles. The average Bonchev–Trinajstić information content (AvgIpc) is 2.53. The van der Waals surface area contributed by atoms with Crippen molar-refractivity contribution in [3.05, 3.63) is 62.7 Å². The number of fused-ring (bicyclic) bond motifs is 1. The molecule has 0 amide bonds. The third-order valence-electron chi connectivity index (χ3n) is 3.96. The summed E-state index contributed by atoms with van der Waals surface area (Å²) in [5.74, 6) is -3.32. The summed E-state index contributed by atoms with van der Waals surface area (Å²) in [6.07, 6.45) is -0.178. The molecule has 0 bridgehead atoms. The van der Waals surface area contributed by atoms with Crippen LogP contribution in [0, 0.1) is 6.92 Å². The Hall–Kier alpha value is -2.31. The first-order chi connectivity index (χ1) is 11.3. The van der Waals surface area contributed by atoms with Crippen molar-refractivity contribution in [2.24, 2.45) is 0 Å². The lowest BCUT2D eigenvalue weighted by atomic mass is 9.83. The number of hydrogen-bond acceptors (Lipinski definition) is 6. The predicted octanol–water partition coefficient (Wildman–Crippen LogP) is 2.38. The number of rotatable bonds is 2. The SMILES string of the molecule is COC(=O)C1(O)CC(c2ccc(Cl)cc2)c2c(cc(C)oc2=O)O1. The van der Waals surface area contributed by atoms with Crippen molar-refractivity contribution in [2.45, 2.75) is 25.0 Å². The van der Waals surface area contributed by atoms with Crippen LogP contribution in [0.25, 0.3) is 0 Å². The summed E-state index contributed by atoms with van der Waals surface area (Å²) in [4.78, 5) is 24.3. The molecular formula is C17H15ClO6. The van der Waals surface area contributed by atoms with Gasteiger partial charge in [0, 0.05) is 23.4 Å². The molecule has 0 radical (unpaired) electrons. The molecule has 1 aromatic heterocycles. The molecular weight excluding hydrogens is 336 g/mol. The number of ether oxygens (including phenoxy) is 2. The Morgan fingerprint density at radius 1 is 1.38 bits per heavy atom. The van der Waals surface area contributed by atoms with Crippen LogP contribution in [-0.2, 0) is 9.53 Å². The largest absolute Gasteiger partial charge is 0.464 e. The maximum atomic E-state index is 12.3. The molecule has 7 heteroatoms. The third-order valence-corrected chi connectivity index (χ3v) is 4.21. The number of methoxy groups -OCH3 is 1. The zero-order chi connectivity index (χ0) is 17.5. The van der Waals surface area contributed by atoms with E-state index in [4.69, 9.17) is 20.8 Å².